The van der Waals surface area contributed by atoms with Crippen LogP contribution in [-0.4, -0.2) is 46.4 Å². The Labute approximate surface area is 170 Å². The van der Waals surface area contributed by atoms with E-state index in [1.807, 2.05) is 0 Å². The second kappa shape index (κ2) is 10.4. The number of esters is 1. The number of ether oxygens (including phenoxy) is 5. The minimum atomic E-state index is -0.664. The number of anilines is 1. The number of carbonyl (C=O) groups excluding carboxylic acids is 2. The summed E-state index contributed by atoms with van der Waals surface area (Å²) < 4.78 is 26.7. The SMILES string of the molecule is COc1cc(NC(=O)COC(=O)COc2ccc(Br)cc2)cc(OC)c1OC. The zero-order valence-electron chi connectivity index (χ0n) is 15.6. The number of rotatable bonds is 9. The van der Waals surface area contributed by atoms with E-state index in [2.05, 4.69) is 21.2 Å². The molecule has 0 aromatic heterocycles. The molecule has 8 nitrogen and oxygen atoms in total. The third-order valence-electron chi connectivity index (χ3n) is 3.48. The van der Waals surface area contributed by atoms with Crippen LogP contribution in [0.2, 0.25) is 0 Å². The Bertz CT molecular complexity index is 799. The fourth-order valence-electron chi connectivity index (χ4n) is 2.21. The van der Waals surface area contributed by atoms with Crippen molar-refractivity contribution in [2.45, 2.75) is 0 Å². The summed E-state index contributed by atoms with van der Waals surface area (Å²) in [5.74, 6) is 0.504. The van der Waals surface area contributed by atoms with Gasteiger partial charge in [0, 0.05) is 22.3 Å². The van der Waals surface area contributed by atoms with E-state index in [1.54, 1.807) is 36.4 Å². The van der Waals surface area contributed by atoms with Gasteiger partial charge in [0.1, 0.15) is 5.75 Å². The summed E-state index contributed by atoms with van der Waals surface area (Å²) in [5.41, 5.74) is 0.404. The third kappa shape index (κ3) is 6.05. The van der Waals surface area contributed by atoms with Crippen LogP contribution in [-0.2, 0) is 14.3 Å². The molecule has 28 heavy (non-hydrogen) atoms. The summed E-state index contributed by atoms with van der Waals surface area (Å²) in [7, 11) is 4.42. The van der Waals surface area contributed by atoms with Crippen LogP contribution in [0.3, 0.4) is 0 Å². The fraction of sp³-hybridized carbons (Fsp3) is 0.263. The van der Waals surface area contributed by atoms with Gasteiger partial charge in [0.05, 0.1) is 21.3 Å². The van der Waals surface area contributed by atoms with Gasteiger partial charge in [0.25, 0.3) is 5.91 Å². The molecular weight excluding hydrogens is 434 g/mol. The molecule has 0 heterocycles. The Kier molecular flexibility index (Phi) is 7.94. The Morgan fingerprint density at radius 2 is 1.54 bits per heavy atom. The number of hydrogen-bond donors (Lipinski definition) is 1. The summed E-state index contributed by atoms with van der Waals surface area (Å²) >= 11 is 3.31. The zero-order chi connectivity index (χ0) is 20.5. The van der Waals surface area contributed by atoms with Gasteiger partial charge in [0.15, 0.2) is 24.7 Å². The fourth-order valence-corrected chi connectivity index (χ4v) is 2.48. The van der Waals surface area contributed by atoms with Gasteiger partial charge in [-0.05, 0) is 24.3 Å². The van der Waals surface area contributed by atoms with Crippen LogP contribution in [0.4, 0.5) is 5.69 Å². The number of halogens is 1. The van der Waals surface area contributed by atoms with Gasteiger partial charge in [-0.3, -0.25) is 4.79 Å². The lowest BCUT2D eigenvalue weighted by atomic mass is 10.2. The van der Waals surface area contributed by atoms with Crippen molar-refractivity contribution in [3.8, 4) is 23.0 Å². The minimum absolute atomic E-state index is 0.306. The summed E-state index contributed by atoms with van der Waals surface area (Å²) in [6, 6.07) is 10.1. The van der Waals surface area contributed by atoms with Crippen LogP contribution in [0, 0.1) is 0 Å². The molecule has 2 aromatic rings. The van der Waals surface area contributed by atoms with Crippen molar-refractivity contribution in [3.05, 3.63) is 40.9 Å². The highest BCUT2D eigenvalue weighted by Gasteiger charge is 2.15. The Hall–Kier alpha value is -2.94. The third-order valence-corrected chi connectivity index (χ3v) is 4.01. The molecule has 0 spiro atoms. The molecule has 0 aliphatic carbocycles. The Balaban J connectivity index is 1.86. The van der Waals surface area contributed by atoms with Crippen molar-refractivity contribution < 1.29 is 33.3 Å². The Morgan fingerprint density at radius 1 is 0.929 bits per heavy atom. The van der Waals surface area contributed by atoms with Gasteiger partial charge in [-0.25, -0.2) is 4.79 Å². The van der Waals surface area contributed by atoms with Crippen LogP contribution in [0.5, 0.6) is 23.0 Å². The molecule has 0 aliphatic rings. The standard InChI is InChI=1S/C19H20BrNO7/c1-24-15-8-13(9-16(25-2)19(15)26-3)21-17(22)10-28-18(23)11-27-14-6-4-12(20)5-7-14/h4-9H,10-11H2,1-3H3,(H,21,22). The zero-order valence-corrected chi connectivity index (χ0v) is 17.2. The highest BCUT2D eigenvalue weighted by atomic mass is 79.9. The normalized spacial score (nSPS) is 10.0. The van der Waals surface area contributed by atoms with Crippen LogP contribution < -0.4 is 24.3 Å². The van der Waals surface area contributed by atoms with E-state index in [-0.39, 0.29) is 6.61 Å². The summed E-state index contributed by atoms with van der Waals surface area (Å²) in [5, 5.41) is 2.60. The van der Waals surface area contributed by atoms with E-state index in [1.165, 1.54) is 21.3 Å². The van der Waals surface area contributed by atoms with Crippen LogP contribution in [0.1, 0.15) is 0 Å². The summed E-state index contributed by atoms with van der Waals surface area (Å²) in [6.07, 6.45) is 0. The maximum absolute atomic E-state index is 12.0. The molecule has 0 bridgehead atoms. The molecule has 0 fully saturated rings. The lowest BCUT2D eigenvalue weighted by Gasteiger charge is -2.14. The summed E-state index contributed by atoms with van der Waals surface area (Å²) in [6.45, 7) is -0.766. The first-order chi connectivity index (χ1) is 13.5. The highest BCUT2D eigenvalue weighted by Crippen LogP contribution is 2.39. The monoisotopic (exact) mass is 453 g/mol. The van der Waals surface area contributed by atoms with Gasteiger partial charge in [0.2, 0.25) is 5.75 Å². The van der Waals surface area contributed by atoms with Crippen LogP contribution in [0.25, 0.3) is 0 Å². The minimum Gasteiger partial charge on any atom is -0.493 e. The summed E-state index contributed by atoms with van der Waals surface area (Å²) in [4.78, 5) is 23.8. The first-order valence-corrected chi connectivity index (χ1v) is 8.90. The number of nitrogens with one attached hydrogen (secondary N) is 1. The maximum Gasteiger partial charge on any atom is 0.344 e. The van der Waals surface area contributed by atoms with Crippen molar-refractivity contribution >= 4 is 33.5 Å². The van der Waals surface area contributed by atoms with Crippen molar-refractivity contribution in [1.82, 2.24) is 0 Å². The first-order valence-electron chi connectivity index (χ1n) is 8.10. The van der Waals surface area contributed by atoms with E-state index >= 15 is 0 Å². The predicted octanol–water partition coefficient (Wildman–Crippen LogP) is 3.04. The van der Waals surface area contributed by atoms with E-state index in [0.717, 1.165) is 4.47 Å². The molecule has 0 aliphatic heterocycles. The first kappa shape index (κ1) is 21.4. The van der Waals surface area contributed by atoms with Gasteiger partial charge < -0.3 is 29.0 Å². The number of benzene rings is 2. The maximum atomic E-state index is 12.0. The van der Waals surface area contributed by atoms with E-state index in [0.29, 0.717) is 28.7 Å². The largest absolute Gasteiger partial charge is 0.493 e. The average Bonchev–Trinajstić information content (AvgIpc) is 2.71. The number of methoxy groups -OCH3 is 3. The second-order valence-corrected chi connectivity index (χ2v) is 6.28. The van der Waals surface area contributed by atoms with Crippen LogP contribution in [0.15, 0.2) is 40.9 Å². The molecule has 0 unspecified atom stereocenters. The predicted molar refractivity (Wildman–Crippen MR) is 105 cm³/mol. The smallest absolute Gasteiger partial charge is 0.344 e. The van der Waals surface area contributed by atoms with Gasteiger partial charge in [-0.1, -0.05) is 15.9 Å². The molecule has 0 saturated heterocycles. The van der Waals surface area contributed by atoms with E-state index in [9.17, 15) is 9.59 Å². The van der Waals surface area contributed by atoms with Crippen molar-refractivity contribution in [3.63, 3.8) is 0 Å². The van der Waals surface area contributed by atoms with Crippen LogP contribution >= 0.6 is 15.9 Å². The van der Waals surface area contributed by atoms with E-state index in [4.69, 9.17) is 23.7 Å². The average molecular weight is 454 g/mol. The van der Waals surface area contributed by atoms with Gasteiger partial charge >= 0.3 is 5.97 Å². The second-order valence-electron chi connectivity index (χ2n) is 5.37. The number of amides is 1. The molecule has 0 saturated carbocycles. The molecule has 1 amide bonds. The number of carbonyl (C=O) groups is 2. The lowest BCUT2D eigenvalue weighted by Crippen LogP contribution is -2.23. The molecule has 150 valence electrons. The molecule has 9 heteroatoms. The lowest BCUT2D eigenvalue weighted by molar-refractivity contribution is -0.149. The highest BCUT2D eigenvalue weighted by molar-refractivity contribution is 9.10. The topological polar surface area (TPSA) is 92.3 Å². The quantitative estimate of drug-likeness (QED) is 0.583. The number of hydrogen-bond acceptors (Lipinski definition) is 7. The molecule has 2 rings (SSSR count). The molecule has 2 aromatic carbocycles. The van der Waals surface area contributed by atoms with Crippen molar-refractivity contribution in [2.75, 3.05) is 39.9 Å². The molecule has 0 atom stereocenters. The molecule has 1 N–H and O–H groups in total. The Morgan fingerprint density at radius 3 is 2.07 bits per heavy atom. The van der Waals surface area contributed by atoms with Crippen molar-refractivity contribution in [2.24, 2.45) is 0 Å². The van der Waals surface area contributed by atoms with E-state index < -0.39 is 18.5 Å². The van der Waals surface area contributed by atoms with Crippen molar-refractivity contribution in [1.29, 1.82) is 0 Å². The van der Waals surface area contributed by atoms with Gasteiger partial charge in [-0.15, -0.1) is 0 Å². The van der Waals surface area contributed by atoms with Gasteiger partial charge in [-0.2, -0.15) is 0 Å². The molecular formula is C19H20BrNO7. The molecule has 0 radical (unpaired) electrons.